The summed E-state index contributed by atoms with van der Waals surface area (Å²) in [6.07, 6.45) is 2.98. The lowest BCUT2D eigenvalue weighted by atomic mass is 10.5. The zero-order chi connectivity index (χ0) is 9.61. The summed E-state index contributed by atoms with van der Waals surface area (Å²) in [6, 6.07) is 0. The molecular weight excluding hydrogens is 224 g/mol. The average Bonchev–Trinajstić information content (AvgIpc) is 1.96. The summed E-state index contributed by atoms with van der Waals surface area (Å²) >= 11 is 15.9. The second kappa shape index (κ2) is 5.65. The van der Waals surface area contributed by atoms with Crippen LogP contribution < -0.4 is 0 Å². The minimum Gasteiger partial charge on any atom is -0.474 e. The number of rotatable bonds is 3. The highest BCUT2D eigenvalue weighted by Gasteiger charge is 2.28. The van der Waals surface area contributed by atoms with E-state index in [4.69, 9.17) is 50.1 Å². The minimum atomic E-state index is -1.81. The maximum Gasteiger partial charge on any atom is 0.265 e. The maximum atomic E-state index is 8.32. The molecule has 3 nitrogen and oxygen atoms in total. The van der Waals surface area contributed by atoms with Gasteiger partial charge in [0.2, 0.25) is 5.90 Å². The van der Waals surface area contributed by atoms with Crippen LogP contribution in [0, 0.1) is 5.41 Å². The molecule has 0 saturated carbocycles. The van der Waals surface area contributed by atoms with Gasteiger partial charge in [-0.25, -0.2) is 0 Å². The molecule has 0 aromatic carbocycles. The first-order valence-corrected chi connectivity index (χ1v) is 4.16. The van der Waals surface area contributed by atoms with Crippen LogP contribution in [0.25, 0.3) is 0 Å². The van der Waals surface area contributed by atoms with E-state index in [-0.39, 0.29) is 13.2 Å². The molecule has 0 fully saturated rings. The van der Waals surface area contributed by atoms with Gasteiger partial charge in [0.1, 0.15) is 6.61 Å². The minimum absolute atomic E-state index is 0.0789. The summed E-state index contributed by atoms with van der Waals surface area (Å²) in [4.78, 5) is 0. The number of hydrogen-bond donors (Lipinski definition) is 2. The predicted molar refractivity (Wildman–Crippen MR) is 50.2 cm³/mol. The molecule has 0 radical (unpaired) electrons. The standard InChI is InChI=1S/C6H8Cl3NO2/c7-6(8,9)5(10)12-4-2-1-3-11/h1-2,10-11H,3-4H2/b2-1+,10-5?. The molecule has 0 heterocycles. The summed E-state index contributed by atoms with van der Waals surface area (Å²) in [6.45, 7) is 0.0256. The topological polar surface area (TPSA) is 53.3 Å². The summed E-state index contributed by atoms with van der Waals surface area (Å²) in [5, 5.41) is 15.4. The first kappa shape index (κ1) is 12.0. The van der Waals surface area contributed by atoms with E-state index in [1.165, 1.54) is 12.2 Å². The van der Waals surface area contributed by atoms with Crippen molar-refractivity contribution in [2.45, 2.75) is 3.79 Å². The van der Waals surface area contributed by atoms with Gasteiger partial charge in [-0.05, 0) is 6.08 Å². The van der Waals surface area contributed by atoms with Crippen LogP contribution >= 0.6 is 34.8 Å². The van der Waals surface area contributed by atoms with E-state index in [0.717, 1.165) is 0 Å². The van der Waals surface area contributed by atoms with Gasteiger partial charge in [-0.1, -0.05) is 40.9 Å². The maximum absolute atomic E-state index is 8.32. The van der Waals surface area contributed by atoms with Crippen LogP contribution in [0.1, 0.15) is 0 Å². The molecule has 0 atom stereocenters. The SMILES string of the molecule is N=C(OC/C=C/CO)C(Cl)(Cl)Cl. The number of ether oxygens (including phenoxy) is 1. The lowest BCUT2D eigenvalue weighted by molar-refractivity contribution is 0.328. The molecule has 0 aliphatic heterocycles. The largest absolute Gasteiger partial charge is 0.474 e. The quantitative estimate of drug-likeness (QED) is 0.338. The van der Waals surface area contributed by atoms with Gasteiger partial charge in [0.25, 0.3) is 3.79 Å². The Morgan fingerprint density at radius 3 is 2.42 bits per heavy atom. The molecule has 12 heavy (non-hydrogen) atoms. The van der Waals surface area contributed by atoms with Crippen molar-refractivity contribution in [1.29, 1.82) is 5.41 Å². The lowest BCUT2D eigenvalue weighted by Crippen LogP contribution is -2.21. The van der Waals surface area contributed by atoms with Gasteiger partial charge in [-0.2, -0.15) is 0 Å². The van der Waals surface area contributed by atoms with E-state index in [2.05, 4.69) is 0 Å². The summed E-state index contributed by atoms with van der Waals surface area (Å²) in [7, 11) is 0. The number of nitrogens with one attached hydrogen (secondary N) is 1. The molecule has 70 valence electrons. The van der Waals surface area contributed by atoms with Crippen molar-refractivity contribution in [2.75, 3.05) is 13.2 Å². The number of halogens is 3. The molecule has 0 bridgehead atoms. The van der Waals surface area contributed by atoms with Crippen molar-refractivity contribution in [3.8, 4) is 0 Å². The first-order valence-electron chi connectivity index (χ1n) is 3.03. The van der Waals surface area contributed by atoms with Crippen molar-refractivity contribution in [3.63, 3.8) is 0 Å². The van der Waals surface area contributed by atoms with Crippen molar-refractivity contribution >= 4 is 40.7 Å². The van der Waals surface area contributed by atoms with Crippen LogP contribution in [-0.2, 0) is 4.74 Å². The number of hydrogen-bond acceptors (Lipinski definition) is 3. The van der Waals surface area contributed by atoms with E-state index >= 15 is 0 Å². The van der Waals surface area contributed by atoms with Crippen LogP contribution in [0.3, 0.4) is 0 Å². The Bertz CT molecular complexity index is 176. The normalized spacial score (nSPS) is 12.0. The van der Waals surface area contributed by atoms with Gasteiger partial charge in [-0.15, -0.1) is 0 Å². The fraction of sp³-hybridized carbons (Fsp3) is 0.500. The van der Waals surface area contributed by atoms with Gasteiger partial charge in [0, 0.05) is 0 Å². The zero-order valence-electron chi connectivity index (χ0n) is 6.06. The van der Waals surface area contributed by atoms with Gasteiger partial charge >= 0.3 is 0 Å². The molecule has 2 N–H and O–H groups in total. The molecule has 0 amide bonds. The second-order valence-electron chi connectivity index (χ2n) is 1.79. The van der Waals surface area contributed by atoms with Crippen molar-refractivity contribution in [3.05, 3.63) is 12.2 Å². The van der Waals surface area contributed by atoms with E-state index in [9.17, 15) is 0 Å². The predicted octanol–water partition coefficient (Wildman–Crippen LogP) is 1.90. The number of aliphatic hydroxyl groups excluding tert-OH is 1. The lowest BCUT2D eigenvalue weighted by Gasteiger charge is -2.11. The molecule has 0 aliphatic rings. The molecular formula is C6H8Cl3NO2. The number of aliphatic hydroxyl groups is 1. The molecule has 0 unspecified atom stereocenters. The third kappa shape index (κ3) is 5.66. The van der Waals surface area contributed by atoms with Crippen LogP contribution in [-0.4, -0.2) is 28.0 Å². The van der Waals surface area contributed by atoms with E-state index in [1.54, 1.807) is 0 Å². The van der Waals surface area contributed by atoms with Gasteiger partial charge in [-0.3, -0.25) is 5.41 Å². The molecule has 0 saturated heterocycles. The second-order valence-corrected chi connectivity index (χ2v) is 4.07. The third-order valence-corrected chi connectivity index (χ3v) is 1.37. The fourth-order valence-corrected chi connectivity index (χ4v) is 0.520. The zero-order valence-corrected chi connectivity index (χ0v) is 8.33. The monoisotopic (exact) mass is 231 g/mol. The van der Waals surface area contributed by atoms with Crippen LogP contribution in [0.4, 0.5) is 0 Å². The van der Waals surface area contributed by atoms with Crippen LogP contribution in [0.2, 0.25) is 0 Å². The van der Waals surface area contributed by atoms with Crippen molar-refractivity contribution in [2.24, 2.45) is 0 Å². The van der Waals surface area contributed by atoms with E-state index in [1.807, 2.05) is 0 Å². The van der Waals surface area contributed by atoms with Crippen LogP contribution in [0.15, 0.2) is 12.2 Å². The first-order chi connectivity index (χ1) is 5.48. The van der Waals surface area contributed by atoms with Gasteiger partial charge in [0.05, 0.1) is 6.61 Å². The Kier molecular flexibility index (Phi) is 5.66. The molecule has 0 aromatic rings. The Morgan fingerprint density at radius 2 is 2.00 bits per heavy atom. The van der Waals surface area contributed by atoms with Crippen LogP contribution in [0.5, 0.6) is 0 Å². The Morgan fingerprint density at radius 1 is 1.42 bits per heavy atom. The number of alkyl halides is 3. The smallest absolute Gasteiger partial charge is 0.265 e. The summed E-state index contributed by atoms with van der Waals surface area (Å²) in [5.74, 6) is -0.435. The van der Waals surface area contributed by atoms with Crippen molar-refractivity contribution in [1.82, 2.24) is 0 Å². The molecule has 0 aromatic heterocycles. The average molecular weight is 232 g/mol. The highest BCUT2D eigenvalue weighted by atomic mass is 35.6. The van der Waals surface area contributed by atoms with E-state index < -0.39 is 9.69 Å². The molecule has 0 rings (SSSR count). The third-order valence-electron chi connectivity index (χ3n) is 0.853. The highest BCUT2D eigenvalue weighted by Crippen LogP contribution is 2.27. The highest BCUT2D eigenvalue weighted by molar-refractivity contribution is 6.76. The Hall–Kier alpha value is 0.0400. The van der Waals surface area contributed by atoms with Crippen molar-refractivity contribution < 1.29 is 9.84 Å². The molecule has 0 aliphatic carbocycles. The summed E-state index contributed by atoms with van der Waals surface area (Å²) < 4.78 is 2.89. The van der Waals surface area contributed by atoms with Gasteiger partial charge < -0.3 is 9.84 Å². The molecule has 6 heteroatoms. The van der Waals surface area contributed by atoms with E-state index in [0.29, 0.717) is 0 Å². The summed E-state index contributed by atoms with van der Waals surface area (Å²) in [5.41, 5.74) is 0. The van der Waals surface area contributed by atoms with Gasteiger partial charge in [0.15, 0.2) is 0 Å². The Balaban J connectivity index is 3.66. The molecule has 0 spiro atoms. The Labute approximate surface area is 85.4 Å². The fourth-order valence-electron chi connectivity index (χ4n) is 0.356.